The van der Waals surface area contributed by atoms with Crippen LogP contribution < -0.4 is 10.6 Å². The topological polar surface area (TPSA) is 78.5 Å². The van der Waals surface area contributed by atoms with Gasteiger partial charge in [0.25, 0.3) is 5.91 Å². The van der Waals surface area contributed by atoms with Crippen LogP contribution in [0.25, 0.3) is 0 Å². The molecule has 0 unspecified atom stereocenters. The molecule has 0 aromatic heterocycles. The van der Waals surface area contributed by atoms with Gasteiger partial charge in [-0.2, -0.15) is 4.31 Å². The maximum absolute atomic E-state index is 12.8. The Balaban J connectivity index is 1.63. The third-order valence-electron chi connectivity index (χ3n) is 4.41. The van der Waals surface area contributed by atoms with Crippen molar-refractivity contribution in [1.29, 1.82) is 0 Å². The van der Waals surface area contributed by atoms with E-state index in [0.717, 1.165) is 5.56 Å². The molecule has 0 aliphatic carbocycles. The predicted octanol–water partition coefficient (Wildman–Crippen LogP) is 4.40. The van der Waals surface area contributed by atoms with E-state index in [0.29, 0.717) is 15.7 Å². The molecule has 0 radical (unpaired) electrons. The highest BCUT2D eigenvalue weighted by molar-refractivity contribution is 9.10. The van der Waals surface area contributed by atoms with Crippen LogP contribution in [0.5, 0.6) is 0 Å². The summed E-state index contributed by atoms with van der Waals surface area (Å²) in [6.07, 6.45) is 0. The van der Waals surface area contributed by atoms with E-state index >= 15 is 0 Å². The van der Waals surface area contributed by atoms with Gasteiger partial charge in [0.2, 0.25) is 10.0 Å². The van der Waals surface area contributed by atoms with Crippen molar-refractivity contribution >= 4 is 54.9 Å². The number of hydrogen-bond acceptors (Lipinski definition) is 4. The molecule has 0 atom stereocenters. The maximum atomic E-state index is 12.8. The number of halogens is 1. The summed E-state index contributed by atoms with van der Waals surface area (Å²) in [6, 6.07) is 22.6. The fourth-order valence-corrected chi connectivity index (χ4v) is 4.63. The van der Waals surface area contributed by atoms with Crippen LogP contribution in [0.4, 0.5) is 5.69 Å². The van der Waals surface area contributed by atoms with Crippen LogP contribution >= 0.6 is 28.1 Å². The Kier molecular flexibility index (Phi) is 7.55. The van der Waals surface area contributed by atoms with Crippen molar-refractivity contribution in [3.05, 3.63) is 94.5 Å². The smallest absolute Gasteiger partial charge is 0.258 e. The Labute approximate surface area is 195 Å². The molecular formula is C22H20BrN3O3S2. The van der Waals surface area contributed by atoms with Crippen molar-refractivity contribution in [1.82, 2.24) is 9.62 Å². The third-order valence-corrected chi connectivity index (χ3v) is 7.13. The second-order valence-corrected chi connectivity index (χ2v) is 9.97. The number of amides is 1. The van der Waals surface area contributed by atoms with Gasteiger partial charge in [0, 0.05) is 23.8 Å². The Morgan fingerprint density at radius 2 is 1.58 bits per heavy atom. The third kappa shape index (κ3) is 5.98. The summed E-state index contributed by atoms with van der Waals surface area (Å²) in [7, 11) is -2.10. The second kappa shape index (κ2) is 10.1. The molecule has 3 aromatic carbocycles. The fraction of sp³-hybridized carbons (Fsp3) is 0.0909. The lowest BCUT2D eigenvalue weighted by atomic mass is 10.2. The minimum absolute atomic E-state index is 0.109. The van der Waals surface area contributed by atoms with E-state index in [2.05, 4.69) is 26.6 Å². The van der Waals surface area contributed by atoms with E-state index in [1.54, 1.807) is 37.4 Å². The molecular weight excluding hydrogens is 498 g/mol. The summed E-state index contributed by atoms with van der Waals surface area (Å²) in [5, 5.41) is 5.60. The standard InChI is InChI=1S/C22H20BrN3O3S2/c1-26(15-16-7-3-2-4-8-16)31(28,29)18-13-11-17(12-14-18)24-22(30)25-21(27)19-9-5-6-10-20(19)23/h2-14H,15H2,1H3,(H2,24,25,27,30). The SMILES string of the molecule is CN(Cc1ccccc1)S(=O)(=O)c1ccc(NC(=S)NC(=O)c2ccccc2Br)cc1. The normalized spacial score (nSPS) is 11.2. The summed E-state index contributed by atoms with van der Waals surface area (Å²) in [5.41, 5.74) is 1.91. The molecule has 0 fully saturated rings. The molecule has 3 rings (SSSR count). The molecule has 1 amide bonds. The highest BCUT2D eigenvalue weighted by Gasteiger charge is 2.21. The number of thiocarbonyl (C=S) groups is 1. The van der Waals surface area contributed by atoms with Gasteiger partial charge in [-0.05, 0) is 70.1 Å². The van der Waals surface area contributed by atoms with Crippen molar-refractivity contribution in [2.45, 2.75) is 11.4 Å². The zero-order valence-corrected chi connectivity index (χ0v) is 19.8. The summed E-state index contributed by atoms with van der Waals surface area (Å²) in [6.45, 7) is 0.272. The highest BCUT2D eigenvalue weighted by Crippen LogP contribution is 2.19. The van der Waals surface area contributed by atoms with Crippen molar-refractivity contribution in [3.8, 4) is 0 Å². The van der Waals surface area contributed by atoms with E-state index in [-0.39, 0.29) is 22.5 Å². The van der Waals surface area contributed by atoms with Gasteiger partial charge in [-0.25, -0.2) is 8.42 Å². The average Bonchev–Trinajstić information content (AvgIpc) is 2.75. The van der Waals surface area contributed by atoms with Crippen LogP contribution in [-0.4, -0.2) is 30.8 Å². The lowest BCUT2D eigenvalue weighted by molar-refractivity contribution is 0.0977. The number of carbonyl (C=O) groups excluding carboxylic acids is 1. The average molecular weight is 518 g/mol. The van der Waals surface area contributed by atoms with Crippen LogP contribution in [0.1, 0.15) is 15.9 Å². The number of hydrogen-bond donors (Lipinski definition) is 2. The Bertz CT molecular complexity index is 1180. The monoisotopic (exact) mass is 517 g/mol. The minimum atomic E-state index is -3.64. The van der Waals surface area contributed by atoms with Gasteiger partial charge in [-0.1, -0.05) is 42.5 Å². The molecule has 0 aliphatic rings. The first-order valence-electron chi connectivity index (χ1n) is 9.24. The zero-order valence-electron chi connectivity index (χ0n) is 16.6. The number of benzene rings is 3. The van der Waals surface area contributed by atoms with Crippen molar-refractivity contribution in [2.75, 3.05) is 12.4 Å². The summed E-state index contributed by atoms with van der Waals surface area (Å²) in [5.74, 6) is -0.355. The largest absolute Gasteiger partial charge is 0.332 e. The first-order valence-corrected chi connectivity index (χ1v) is 11.9. The number of carbonyl (C=O) groups is 1. The number of nitrogens with one attached hydrogen (secondary N) is 2. The number of sulfonamides is 1. The van der Waals surface area contributed by atoms with Crippen LogP contribution in [0, 0.1) is 0 Å². The Hall–Kier alpha value is -2.59. The van der Waals surface area contributed by atoms with Crippen molar-refractivity contribution < 1.29 is 13.2 Å². The van der Waals surface area contributed by atoms with E-state index in [1.807, 2.05) is 36.4 Å². The molecule has 2 N–H and O–H groups in total. The fourth-order valence-electron chi connectivity index (χ4n) is 2.79. The quantitative estimate of drug-likeness (QED) is 0.474. The zero-order chi connectivity index (χ0) is 22.4. The van der Waals surface area contributed by atoms with Gasteiger partial charge >= 0.3 is 0 Å². The summed E-state index contributed by atoms with van der Waals surface area (Å²) < 4.78 is 27.6. The first-order chi connectivity index (χ1) is 14.8. The molecule has 31 heavy (non-hydrogen) atoms. The van der Waals surface area contributed by atoms with Crippen LogP contribution in [0.15, 0.2) is 88.2 Å². The van der Waals surface area contributed by atoms with E-state index < -0.39 is 10.0 Å². The van der Waals surface area contributed by atoms with E-state index in [9.17, 15) is 13.2 Å². The van der Waals surface area contributed by atoms with Crippen molar-refractivity contribution in [2.24, 2.45) is 0 Å². The molecule has 6 nitrogen and oxygen atoms in total. The molecule has 0 aliphatic heterocycles. The first kappa shape index (κ1) is 23.1. The lowest BCUT2D eigenvalue weighted by Gasteiger charge is -2.18. The highest BCUT2D eigenvalue weighted by atomic mass is 79.9. The van der Waals surface area contributed by atoms with Crippen LogP contribution in [0.3, 0.4) is 0 Å². The maximum Gasteiger partial charge on any atom is 0.258 e. The van der Waals surface area contributed by atoms with Crippen LogP contribution in [0.2, 0.25) is 0 Å². The molecule has 160 valence electrons. The van der Waals surface area contributed by atoms with Crippen LogP contribution in [-0.2, 0) is 16.6 Å². The van der Waals surface area contributed by atoms with Gasteiger partial charge in [0.1, 0.15) is 0 Å². The van der Waals surface area contributed by atoms with Gasteiger partial charge in [-0.3, -0.25) is 10.1 Å². The molecule has 0 heterocycles. The molecule has 9 heteroatoms. The Morgan fingerprint density at radius 1 is 0.968 bits per heavy atom. The molecule has 0 saturated carbocycles. The van der Waals surface area contributed by atoms with Gasteiger partial charge in [-0.15, -0.1) is 0 Å². The Morgan fingerprint density at radius 3 is 2.23 bits per heavy atom. The lowest BCUT2D eigenvalue weighted by Crippen LogP contribution is -2.34. The van der Waals surface area contributed by atoms with E-state index in [4.69, 9.17) is 12.2 Å². The predicted molar refractivity (Wildman–Crippen MR) is 129 cm³/mol. The molecule has 0 spiro atoms. The molecule has 3 aromatic rings. The number of rotatable bonds is 6. The number of nitrogens with zero attached hydrogens (tertiary/aromatic N) is 1. The summed E-state index contributed by atoms with van der Waals surface area (Å²) in [4.78, 5) is 12.5. The second-order valence-electron chi connectivity index (χ2n) is 6.66. The van der Waals surface area contributed by atoms with Gasteiger partial charge in [0.15, 0.2) is 5.11 Å². The minimum Gasteiger partial charge on any atom is -0.332 e. The summed E-state index contributed by atoms with van der Waals surface area (Å²) >= 11 is 8.52. The number of anilines is 1. The van der Waals surface area contributed by atoms with Crippen molar-refractivity contribution in [3.63, 3.8) is 0 Å². The molecule has 0 saturated heterocycles. The van der Waals surface area contributed by atoms with Gasteiger partial charge in [0.05, 0.1) is 10.5 Å². The molecule has 0 bridgehead atoms. The van der Waals surface area contributed by atoms with E-state index in [1.165, 1.54) is 16.4 Å². The van der Waals surface area contributed by atoms with Gasteiger partial charge < -0.3 is 5.32 Å².